The summed E-state index contributed by atoms with van der Waals surface area (Å²) in [4.78, 5) is 3.18. The number of rotatable bonds is 7. The van der Waals surface area contributed by atoms with Gasteiger partial charge in [-0.25, -0.2) is 13.1 Å². The van der Waals surface area contributed by atoms with Crippen LogP contribution < -0.4 is 4.72 Å². The summed E-state index contributed by atoms with van der Waals surface area (Å²) >= 11 is 1.64. The molecule has 114 valence electrons. The van der Waals surface area contributed by atoms with Gasteiger partial charge < -0.3 is 4.90 Å². The molecule has 2 aromatic rings. The fourth-order valence-corrected chi connectivity index (χ4v) is 4.14. The molecule has 0 radical (unpaired) electrons. The topological polar surface area (TPSA) is 49.4 Å². The zero-order valence-electron chi connectivity index (χ0n) is 12.2. The molecule has 0 aliphatic heterocycles. The van der Waals surface area contributed by atoms with Crippen molar-refractivity contribution in [3.8, 4) is 0 Å². The van der Waals surface area contributed by atoms with Gasteiger partial charge in [0.05, 0.1) is 11.8 Å². The van der Waals surface area contributed by atoms with E-state index in [1.54, 1.807) is 11.3 Å². The van der Waals surface area contributed by atoms with Gasteiger partial charge in [-0.2, -0.15) is 0 Å². The minimum absolute atomic E-state index is 0.0123. The Hall–Kier alpha value is -1.21. The monoisotopic (exact) mass is 324 g/mol. The van der Waals surface area contributed by atoms with Gasteiger partial charge in [-0.15, -0.1) is 11.3 Å². The van der Waals surface area contributed by atoms with Crippen molar-refractivity contribution in [1.29, 1.82) is 0 Å². The third-order valence-corrected chi connectivity index (χ3v) is 5.48. The third kappa shape index (κ3) is 4.93. The number of nitrogens with zero attached hydrogens (tertiary/aromatic N) is 1. The molecule has 0 amide bonds. The van der Waals surface area contributed by atoms with Gasteiger partial charge in [0.1, 0.15) is 0 Å². The van der Waals surface area contributed by atoms with Crippen molar-refractivity contribution in [1.82, 2.24) is 9.62 Å². The first-order valence-corrected chi connectivity index (χ1v) is 9.22. The van der Waals surface area contributed by atoms with E-state index in [0.29, 0.717) is 6.54 Å². The van der Waals surface area contributed by atoms with Gasteiger partial charge in [0.2, 0.25) is 10.0 Å². The number of hydrogen-bond donors (Lipinski definition) is 1. The lowest BCUT2D eigenvalue weighted by atomic mass is 10.2. The zero-order valence-corrected chi connectivity index (χ0v) is 13.8. The Morgan fingerprint density at radius 3 is 2.43 bits per heavy atom. The van der Waals surface area contributed by atoms with Gasteiger partial charge >= 0.3 is 0 Å². The molecule has 0 fully saturated rings. The average molecular weight is 324 g/mol. The number of hydrogen-bond acceptors (Lipinski definition) is 4. The van der Waals surface area contributed by atoms with Crippen molar-refractivity contribution in [2.24, 2.45) is 0 Å². The Bertz CT molecular complexity index is 638. The molecular formula is C15H20N2O2S2. The summed E-state index contributed by atoms with van der Waals surface area (Å²) in [5, 5.41) is 2.00. The van der Waals surface area contributed by atoms with Crippen LogP contribution in [0.25, 0.3) is 0 Å². The van der Waals surface area contributed by atoms with Gasteiger partial charge in [-0.1, -0.05) is 36.4 Å². The van der Waals surface area contributed by atoms with Crippen LogP contribution in [0.15, 0.2) is 47.8 Å². The van der Waals surface area contributed by atoms with Crippen molar-refractivity contribution in [3.05, 3.63) is 58.3 Å². The van der Waals surface area contributed by atoms with Crippen molar-refractivity contribution in [2.45, 2.75) is 11.8 Å². The lowest BCUT2D eigenvalue weighted by Crippen LogP contribution is -2.34. The fourth-order valence-electron chi connectivity index (χ4n) is 2.07. The molecule has 1 heterocycles. The maximum Gasteiger partial charge on any atom is 0.215 e. The van der Waals surface area contributed by atoms with Crippen LogP contribution in [0.5, 0.6) is 0 Å². The van der Waals surface area contributed by atoms with Gasteiger partial charge in [0, 0.05) is 11.4 Å². The minimum atomic E-state index is -3.33. The molecule has 1 atom stereocenters. The number of sulfonamides is 1. The first kappa shape index (κ1) is 16.2. The predicted octanol–water partition coefficient (Wildman–Crippen LogP) is 2.47. The van der Waals surface area contributed by atoms with Gasteiger partial charge in [0.25, 0.3) is 0 Å². The Kier molecular flexibility index (Phi) is 5.52. The highest BCUT2D eigenvalue weighted by Gasteiger charge is 2.19. The molecular weight excluding hydrogens is 304 g/mol. The second-order valence-electron chi connectivity index (χ2n) is 5.09. The molecule has 0 bridgehead atoms. The molecule has 1 N–H and O–H groups in total. The van der Waals surface area contributed by atoms with E-state index in [1.807, 2.05) is 66.8 Å². The van der Waals surface area contributed by atoms with Crippen LogP contribution in [0.3, 0.4) is 0 Å². The predicted molar refractivity (Wildman–Crippen MR) is 87.8 cm³/mol. The van der Waals surface area contributed by atoms with Crippen molar-refractivity contribution in [3.63, 3.8) is 0 Å². The van der Waals surface area contributed by atoms with Crippen LogP contribution in [0, 0.1) is 0 Å². The van der Waals surface area contributed by atoms with Crippen molar-refractivity contribution < 1.29 is 8.42 Å². The van der Waals surface area contributed by atoms with Crippen LogP contribution >= 0.6 is 11.3 Å². The van der Waals surface area contributed by atoms with Gasteiger partial charge in [0.15, 0.2) is 0 Å². The molecule has 0 saturated carbocycles. The molecule has 0 saturated heterocycles. The second-order valence-corrected chi connectivity index (χ2v) is 7.87. The first-order chi connectivity index (χ1) is 9.98. The number of benzene rings is 1. The van der Waals surface area contributed by atoms with E-state index in [1.165, 1.54) is 0 Å². The number of thiophene rings is 1. The summed E-state index contributed by atoms with van der Waals surface area (Å²) in [7, 11) is 0.582. The van der Waals surface area contributed by atoms with Crippen molar-refractivity contribution >= 4 is 21.4 Å². The molecule has 0 unspecified atom stereocenters. The van der Waals surface area contributed by atoms with E-state index in [-0.39, 0.29) is 11.8 Å². The molecule has 4 nitrogen and oxygen atoms in total. The largest absolute Gasteiger partial charge is 0.300 e. The lowest BCUT2D eigenvalue weighted by Gasteiger charge is -2.23. The van der Waals surface area contributed by atoms with Crippen LogP contribution in [-0.2, 0) is 15.8 Å². The maximum absolute atomic E-state index is 12.2. The standard InChI is InChI=1S/C15H20N2O2S2/c1-17(2)14(15-9-6-10-20-15)11-16-21(18,19)12-13-7-4-3-5-8-13/h3-10,14,16H,11-12H2,1-2H3/t14-/m0/s1. The summed E-state index contributed by atoms with van der Waals surface area (Å²) in [5.74, 6) is 0.0123. The third-order valence-electron chi connectivity index (χ3n) is 3.19. The Balaban J connectivity index is 2.00. The quantitative estimate of drug-likeness (QED) is 0.851. The smallest absolute Gasteiger partial charge is 0.215 e. The highest BCUT2D eigenvalue weighted by atomic mass is 32.2. The van der Waals surface area contributed by atoms with E-state index >= 15 is 0 Å². The van der Waals surface area contributed by atoms with Gasteiger partial charge in [-0.3, -0.25) is 0 Å². The Morgan fingerprint density at radius 2 is 1.86 bits per heavy atom. The normalized spacial score (nSPS) is 13.5. The van der Waals surface area contributed by atoms with Crippen LogP contribution in [0.4, 0.5) is 0 Å². The number of likely N-dealkylation sites (N-methyl/N-ethyl adjacent to an activating group) is 1. The fraction of sp³-hybridized carbons (Fsp3) is 0.333. The Labute approximate surface area is 130 Å². The van der Waals surface area contributed by atoms with Crippen LogP contribution in [-0.4, -0.2) is 34.0 Å². The highest BCUT2D eigenvalue weighted by molar-refractivity contribution is 7.88. The first-order valence-electron chi connectivity index (χ1n) is 6.69. The zero-order chi connectivity index (χ0) is 15.3. The molecule has 6 heteroatoms. The highest BCUT2D eigenvalue weighted by Crippen LogP contribution is 2.22. The summed E-state index contributed by atoms with van der Waals surface area (Å²) in [6.07, 6.45) is 0. The maximum atomic E-state index is 12.2. The molecule has 1 aromatic carbocycles. The van der Waals surface area contributed by atoms with Crippen LogP contribution in [0.1, 0.15) is 16.5 Å². The van der Waals surface area contributed by atoms with E-state index in [4.69, 9.17) is 0 Å². The van der Waals surface area contributed by atoms with Gasteiger partial charge in [-0.05, 0) is 31.1 Å². The molecule has 21 heavy (non-hydrogen) atoms. The average Bonchev–Trinajstić information content (AvgIpc) is 2.93. The molecule has 0 aliphatic carbocycles. The lowest BCUT2D eigenvalue weighted by molar-refractivity contribution is 0.303. The van der Waals surface area contributed by atoms with E-state index < -0.39 is 10.0 Å². The summed E-state index contributed by atoms with van der Waals surface area (Å²) in [6.45, 7) is 0.378. The summed E-state index contributed by atoms with van der Waals surface area (Å²) < 4.78 is 27.1. The van der Waals surface area contributed by atoms with E-state index in [9.17, 15) is 8.42 Å². The summed E-state index contributed by atoms with van der Waals surface area (Å²) in [5.41, 5.74) is 0.794. The Morgan fingerprint density at radius 1 is 1.14 bits per heavy atom. The van der Waals surface area contributed by atoms with E-state index in [2.05, 4.69) is 4.72 Å². The molecule has 1 aromatic heterocycles. The van der Waals surface area contributed by atoms with Crippen molar-refractivity contribution in [2.75, 3.05) is 20.6 Å². The van der Waals surface area contributed by atoms with Crippen LogP contribution in [0.2, 0.25) is 0 Å². The number of nitrogens with one attached hydrogen (secondary N) is 1. The second kappa shape index (κ2) is 7.17. The molecule has 2 rings (SSSR count). The molecule has 0 spiro atoms. The van der Waals surface area contributed by atoms with E-state index in [0.717, 1.165) is 10.4 Å². The SMILES string of the molecule is CN(C)[C@@H](CNS(=O)(=O)Cc1ccccc1)c1cccs1. The summed E-state index contributed by atoms with van der Waals surface area (Å²) in [6, 6.07) is 13.3. The minimum Gasteiger partial charge on any atom is -0.300 e. The molecule has 0 aliphatic rings.